The van der Waals surface area contributed by atoms with Crippen molar-refractivity contribution < 1.29 is 29.1 Å². The van der Waals surface area contributed by atoms with E-state index < -0.39 is 22.7 Å². The lowest BCUT2D eigenvalue weighted by Gasteiger charge is -2.30. The Morgan fingerprint density at radius 2 is 1.74 bits per heavy atom. The topological polar surface area (TPSA) is 122 Å². The Morgan fingerprint density at radius 3 is 2.29 bits per heavy atom. The van der Waals surface area contributed by atoms with Crippen LogP contribution in [0, 0.1) is 10.1 Å². The number of likely N-dealkylation sites (tertiary alicyclic amines) is 1. The number of hydrogen-bond donors (Lipinski definition) is 1. The summed E-state index contributed by atoms with van der Waals surface area (Å²) in [6, 6.07) is 13.1. The fraction of sp³-hybridized carbons (Fsp3) is 0.417. The lowest BCUT2D eigenvalue weighted by Crippen LogP contribution is -2.41. The van der Waals surface area contributed by atoms with Crippen LogP contribution in [-0.4, -0.2) is 51.9 Å². The van der Waals surface area contributed by atoms with Gasteiger partial charge in [0.15, 0.2) is 0 Å². The second-order valence-corrected chi connectivity index (χ2v) is 9.03. The van der Waals surface area contributed by atoms with Crippen LogP contribution >= 0.6 is 0 Å². The highest BCUT2D eigenvalue weighted by Crippen LogP contribution is 2.28. The summed E-state index contributed by atoms with van der Waals surface area (Å²) in [7, 11) is 0. The van der Waals surface area contributed by atoms with Gasteiger partial charge in [-0.15, -0.1) is 0 Å². The van der Waals surface area contributed by atoms with Gasteiger partial charge in [-0.25, -0.2) is 9.59 Å². The van der Waals surface area contributed by atoms with Gasteiger partial charge in [-0.2, -0.15) is 0 Å². The number of para-hydroxylation sites is 1. The van der Waals surface area contributed by atoms with Crippen molar-refractivity contribution in [1.29, 1.82) is 0 Å². The smallest absolute Gasteiger partial charge is 0.415 e. The minimum atomic E-state index is -0.927. The minimum absolute atomic E-state index is 0.0417. The molecule has 0 aliphatic carbocycles. The molecule has 0 radical (unpaired) electrons. The maximum Gasteiger partial charge on any atom is 0.415 e. The summed E-state index contributed by atoms with van der Waals surface area (Å²) in [5.74, 6) is 0.590. The van der Waals surface area contributed by atoms with Crippen molar-refractivity contribution in [2.75, 3.05) is 18.0 Å². The molecule has 0 aromatic heterocycles. The number of carbonyl (C=O) groups is 2. The van der Waals surface area contributed by atoms with Crippen LogP contribution in [-0.2, 0) is 11.3 Å². The zero-order chi connectivity index (χ0) is 24.9. The molecule has 1 aliphatic rings. The number of hydrogen-bond acceptors (Lipinski definition) is 6. The van der Waals surface area contributed by atoms with Crippen molar-refractivity contribution >= 4 is 23.6 Å². The number of carboxylic acid groups (broad SMARTS) is 1. The summed E-state index contributed by atoms with van der Waals surface area (Å²) in [6.07, 6.45) is -0.467. The van der Waals surface area contributed by atoms with E-state index in [9.17, 15) is 19.7 Å². The largest absolute Gasteiger partial charge is 0.490 e. The molecule has 0 spiro atoms. The molecule has 1 fully saturated rings. The van der Waals surface area contributed by atoms with Crippen LogP contribution in [0.3, 0.4) is 0 Å². The molecular weight excluding hydrogens is 442 g/mol. The van der Waals surface area contributed by atoms with Gasteiger partial charge in [-0.05, 0) is 45.0 Å². The minimum Gasteiger partial charge on any atom is -0.490 e. The van der Waals surface area contributed by atoms with E-state index in [1.54, 1.807) is 63.2 Å². The Balaban J connectivity index is 1.78. The molecule has 1 N–H and O–H groups in total. The van der Waals surface area contributed by atoms with Crippen LogP contribution in [0.15, 0.2) is 48.5 Å². The second kappa shape index (κ2) is 10.4. The van der Waals surface area contributed by atoms with Crippen LogP contribution in [0.5, 0.6) is 5.75 Å². The fourth-order valence-electron chi connectivity index (χ4n) is 3.63. The second-order valence-electron chi connectivity index (χ2n) is 9.03. The molecular formula is C24H29N3O7. The van der Waals surface area contributed by atoms with Gasteiger partial charge in [0.05, 0.1) is 11.5 Å². The van der Waals surface area contributed by atoms with Gasteiger partial charge in [-0.3, -0.25) is 15.0 Å². The number of ether oxygens (including phenoxy) is 2. The summed E-state index contributed by atoms with van der Waals surface area (Å²) < 4.78 is 11.5. The maximum absolute atomic E-state index is 13.0. The summed E-state index contributed by atoms with van der Waals surface area (Å²) >= 11 is 0. The number of rotatable bonds is 6. The molecule has 1 heterocycles. The zero-order valence-corrected chi connectivity index (χ0v) is 19.5. The van der Waals surface area contributed by atoms with Gasteiger partial charge in [-0.1, -0.05) is 18.2 Å². The van der Waals surface area contributed by atoms with E-state index in [0.29, 0.717) is 42.9 Å². The Bertz CT molecular complexity index is 1030. The van der Waals surface area contributed by atoms with Crippen molar-refractivity contribution in [3.8, 4) is 5.75 Å². The number of amides is 2. The molecule has 10 heteroatoms. The van der Waals surface area contributed by atoms with Gasteiger partial charge in [0.25, 0.3) is 5.69 Å². The Kier molecular flexibility index (Phi) is 7.60. The number of benzene rings is 2. The van der Waals surface area contributed by atoms with E-state index in [-0.39, 0.29) is 18.3 Å². The van der Waals surface area contributed by atoms with Gasteiger partial charge in [0, 0.05) is 43.2 Å². The van der Waals surface area contributed by atoms with Crippen LogP contribution in [0.4, 0.5) is 21.0 Å². The summed E-state index contributed by atoms with van der Waals surface area (Å²) in [5.41, 5.74) is 0.0549. The van der Waals surface area contributed by atoms with E-state index in [2.05, 4.69) is 0 Å². The van der Waals surface area contributed by atoms with Gasteiger partial charge >= 0.3 is 12.2 Å². The molecule has 2 aromatic carbocycles. The molecule has 1 saturated heterocycles. The van der Waals surface area contributed by atoms with Crippen molar-refractivity contribution in [2.45, 2.75) is 51.9 Å². The molecule has 3 rings (SSSR count). The highest BCUT2D eigenvalue weighted by molar-refractivity contribution is 5.88. The molecule has 10 nitrogen and oxygen atoms in total. The zero-order valence-electron chi connectivity index (χ0n) is 19.5. The Labute approximate surface area is 197 Å². The van der Waals surface area contributed by atoms with Crippen LogP contribution in [0.2, 0.25) is 0 Å². The SMILES string of the molecule is CC(C)(C)OC(=O)N(Cc1ccccc1[N+](=O)[O-])c1ccc(OC2CCN(C(=O)O)CC2)cc1. The maximum atomic E-state index is 13.0. The number of piperidine rings is 1. The summed E-state index contributed by atoms with van der Waals surface area (Å²) in [5, 5.41) is 20.5. The Morgan fingerprint density at radius 1 is 1.12 bits per heavy atom. The molecule has 0 saturated carbocycles. The normalized spacial score (nSPS) is 14.4. The van der Waals surface area contributed by atoms with E-state index >= 15 is 0 Å². The average Bonchev–Trinajstić information content (AvgIpc) is 2.77. The first kappa shape index (κ1) is 24.8. The van der Waals surface area contributed by atoms with Crippen molar-refractivity contribution in [1.82, 2.24) is 4.90 Å². The van der Waals surface area contributed by atoms with Crippen LogP contribution in [0.25, 0.3) is 0 Å². The number of nitrogens with zero attached hydrogens (tertiary/aromatic N) is 3. The first-order valence-electron chi connectivity index (χ1n) is 11.0. The molecule has 182 valence electrons. The van der Waals surface area contributed by atoms with Gasteiger partial charge < -0.3 is 19.5 Å². The number of carbonyl (C=O) groups excluding carboxylic acids is 1. The fourth-order valence-corrected chi connectivity index (χ4v) is 3.63. The number of anilines is 1. The predicted octanol–water partition coefficient (Wildman–Crippen LogP) is 5.06. The lowest BCUT2D eigenvalue weighted by atomic mass is 10.1. The van der Waals surface area contributed by atoms with Crippen molar-refractivity contribution in [2.24, 2.45) is 0 Å². The standard InChI is InChI=1S/C24H29N3O7/c1-24(2,3)34-23(30)26(16-17-6-4-5-7-21(17)27(31)32)18-8-10-19(11-9-18)33-20-12-14-25(15-13-20)22(28)29/h4-11,20H,12-16H2,1-3H3,(H,28,29). The van der Waals surface area contributed by atoms with Gasteiger partial charge in [0.2, 0.25) is 0 Å². The van der Waals surface area contributed by atoms with E-state index in [4.69, 9.17) is 14.6 Å². The third-order valence-electron chi connectivity index (χ3n) is 5.29. The highest BCUT2D eigenvalue weighted by Gasteiger charge is 2.27. The van der Waals surface area contributed by atoms with E-state index in [1.807, 2.05) is 0 Å². The third-order valence-corrected chi connectivity index (χ3v) is 5.29. The lowest BCUT2D eigenvalue weighted by molar-refractivity contribution is -0.385. The average molecular weight is 472 g/mol. The molecule has 0 unspecified atom stereocenters. The van der Waals surface area contributed by atoms with Crippen molar-refractivity contribution in [3.05, 3.63) is 64.2 Å². The third kappa shape index (κ3) is 6.60. The van der Waals surface area contributed by atoms with Crippen molar-refractivity contribution in [3.63, 3.8) is 0 Å². The first-order valence-corrected chi connectivity index (χ1v) is 11.0. The number of nitro groups is 1. The molecule has 2 aromatic rings. The van der Waals surface area contributed by atoms with E-state index in [0.717, 1.165) is 0 Å². The molecule has 0 atom stereocenters. The Hall–Kier alpha value is -3.82. The molecule has 34 heavy (non-hydrogen) atoms. The van der Waals surface area contributed by atoms with Crippen LogP contribution in [0.1, 0.15) is 39.2 Å². The molecule has 0 bridgehead atoms. The number of nitro benzene ring substituents is 1. The quantitative estimate of drug-likeness (QED) is 0.461. The summed E-state index contributed by atoms with van der Waals surface area (Å²) in [6.45, 7) is 6.04. The molecule has 2 amide bonds. The summed E-state index contributed by atoms with van der Waals surface area (Å²) in [4.78, 5) is 37.7. The highest BCUT2D eigenvalue weighted by atomic mass is 16.6. The van der Waals surface area contributed by atoms with Gasteiger partial charge in [0.1, 0.15) is 17.5 Å². The first-order chi connectivity index (χ1) is 16.0. The monoisotopic (exact) mass is 471 g/mol. The predicted molar refractivity (Wildman–Crippen MR) is 125 cm³/mol. The molecule has 1 aliphatic heterocycles. The van der Waals surface area contributed by atoms with E-state index in [1.165, 1.54) is 15.9 Å². The van der Waals surface area contributed by atoms with Crippen LogP contribution < -0.4 is 9.64 Å².